The number of amides is 1. The molecule has 0 atom stereocenters. The molecule has 5 nitrogen and oxygen atoms in total. The molecule has 0 radical (unpaired) electrons. The molecule has 0 spiro atoms. The fourth-order valence-electron chi connectivity index (χ4n) is 3.06. The molecule has 7 heteroatoms. The summed E-state index contributed by atoms with van der Waals surface area (Å²) in [7, 11) is -3.42. The molecule has 1 fully saturated rings. The second-order valence-corrected chi connectivity index (χ2v) is 9.47. The molecule has 148 valence electrons. The molecule has 2 aromatic carbocycles. The monoisotopic (exact) mass is 462 g/mol. The van der Waals surface area contributed by atoms with E-state index in [0.29, 0.717) is 24.5 Å². The smallest absolute Gasteiger partial charge is 0.244 e. The van der Waals surface area contributed by atoms with Crippen molar-refractivity contribution >= 4 is 37.9 Å². The Morgan fingerprint density at radius 3 is 2.39 bits per heavy atom. The Kier molecular flexibility index (Phi) is 7.04. The van der Waals surface area contributed by atoms with Crippen LogP contribution < -0.4 is 5.32 Å². The maximum absolute atomic E-state index is 12.7. The fraction of sp³-hybridized carbons (Fsp3) is 0.286. The first-order chi connectivity index (χ1) is 13.5. The van der Waals surface area contributed by atoms with E-state index in [1.165, 1.54) is 6.08 Å². The Bertz CT molecular complexity index is 950. The van der Waals surface area contributed by atoms with E-state index < -0.39 is 10.0 Å². The molecule has 2 aromatic rings. The number of sulfonamides is 1. The highest BCUT2D eigenvalue weighted by atomic mass is 79.9. The lowest BCUT2D eigenvalue weighted by molar-refractivity contribution is -0.116. The van der Waals surface area contributed by atoms with Crippen molar-refractivity contribution in [3.05, 3.63) is 70.2 Å². The second kappa shape index (κ2) is 9.49. The van der Waals surface area contributed by atoms with Crippen molar-refractivity contribution in [2.24, 2.45) is 0 Å². The summed E-state index contributed by atoms with van der Waals surface area (Å²) >= 11 is 3.44. The topological polar surface area (TPSA) is 66.5 Å². The maximum Gasteiger partial charge on any atom is 0.244 e. The van der Waals surface area contributed by atoms with Crippen molar-refractivity contribution in [3.63, 3.8) is 0 Å². The lowest BCUT2D eigenvalue weighted by atomic mass is 10.2. The summed E-state index contributed by atoms with van der Waals surface area (Å²) in [4.78, 5) is 12.3. The van der Waals surface area contributed by atoms with Gasteiger partial charge in [0.05, 0.1) is 4.90 Å². The minimum Gasteiger partial charge on any atom is -0.348 e. The summed E-state index contributed by atoms with van der Waals surface area (Å²) in [6.45, 7) is 1.51. The zero-order chi connectivity index (χ0) is 20.0. The normalized spacial score (nSPS) is 15.6. The number of hydrogen-bond donors (Lipinski definition) is 1. The average Bonchev–Trinajstić information content (AvgIpc) is 2.72. The van der Waals surface area contributed by atoms with Gasteiger partial charge in [-0.1, -0.05) is 52.7 Å². The van der Waals surface area contributed by atoms with Gasteiger partial charge >= 0.3 is 0 Å². The van der Waals surface area contributed by atoms with Crippen molar-refractivity contribution in [2.75, 3.05) is 13.1 Å². The summed E-state index contributed by atoms with van der Waals surface area (Å²) in [6.07, 6.45) is 6.14. The average molecular weight is 463 g/mol. The quantitative estimate of drug-likeness (QED) is 0.660. The maximum atomic E-state index is 12.7. The van der Waals surface area contributed by atoms with Gasteiger partial charge in [-0.2, -0.15) is 4.31 Å². The molecule has 0 aliphatic carbocycles. The molecular formula is C21H23BrN2O3S. The second-order valence-electron chi connectivity index (χ2n) is 6.68. The minimum atomic E-state index is -3.42. The van der Waals surface area contributed by atoms with Crippen LogP contribution >= 0.6 is 15.9 Å². The summed E-state index contributed by atoms with van der Waals surface area (Å²) in [5, 5.41) is 2.81. The lowest BCUT2D eigenvalue weighted by Crippen LogP contribution is -2.35. The summed E-state index contributed by atoms with van der Waals surface area (Å²) in [5.41, 5.74) is 1.77. The summed E-state index contributed by atoms with van der Waals surface area (Å²) < 4.78 is 27.8. The van der Waals surface area contributed by atoms with Gasteiger partial charge < -0.3 is 5.32 Å². The molecule has 1 aliphatic heterocycles. The fourth-order valence-corrected chi connectivity index (χ4v) is 4.99. The van der Waals surface area contributed by atoms with Crippen LogP contribution in [0.1, 0.15) is 30.4 Å². The van der Waals surface area contributed by atoms with Crippen LogP contribution in [0.15, 0.2) is 64.0 Å². The number of rotatable bonds is 6. The van der Waals surface area contributed by atoms with Gasteiger partial charge in [-0.15, -0.1) is 0 Å². The van der Waals surface area contributed by atoms with Gasteiger partial charge in [-0.05, 0) is 48.2 Å². The standard InChI is InChI=1S/C21H23BrN2O3S/c22-20-7-3-2-6-18(20)10-13-21(25)23-16-17-8-11-19(12-9-17)28(26,27)24-14-4-1-5-15-24/h2-3,6-13H,1,4-5,14-16H2,(H,23,25)/b13-10+. The molecule has 0 saturated carbocycles. The predicted molar refractivity (Wildman–Crippen MR) is 114 cm³/mol. The molecular weight excluding hydrogens is 440 g/mol. The first kappa shape index (κ1) is 20.8. The molecule has 1 amide bonds. The van der Waals surface area contributed by atoms with Crippen LogP contribution in [0.4, 0.5) is 0 Å². The highest BCUT2D eigenvalue weighted by Crippen LogP contribution is 2.21. The Morgan fingerprint density at radius 1 is 1.04 bits per heavy atom. The molecule has 1 N–H and O–H groups in total. The van der Waals surface area contributed by atoms with Crippen LogP contribution in [0.3, 0.4) is 0 Å². The third-order valence-corrected chi connectivity index (χ3v) is 7.30. The number of nitrogens with one attached hydrogen (secondary N) is 1. The van der Waals surface area contributed by atoms with E-state index >= 15 is 0 Å². The highest BCUT2D eigenvalue weighted by Gasteiger charge is 2.25. The van der Waals surface area contributed by atoms with E-state index in [2.05, 4.69) is 21.2 Å². The van der Waals surface area contributed by atoms with Crippen LogP contribution in [-0.4, -0.2) is 31.7 Å². The van der Waals surface area contributed by atoms with Gasteiger partial charge in [0.15, 0.2) is 0 Å². The first-order valence-corrected chi connectivity index (χ1v) is 11.5. The number of carbonyl (C=O) groups excluding carboxylic acids is 1. The zero-order valence-corrected chi connectivity index (χ0v) is 17.9. The molecule has 1 aliphatic rings. The molecule has 0 aromatic heterocycles. The van der Waals surface area contributed by atoms with Gasteiger partial charge in [0, 0.05) is 30.2 Å². The summed E-state index contributed by atoms with van der Waals surface area (Å²) in [6, 6.07) is 14.4. The third kappa shape index (κ3) is 5.31. The number of carbonyl (C=O) groups is 1. The van der Waals surface area contributed by atoms with E-state index in [1.54, 1.807) is 34.6 Å². The Morgan fingerprint density at radius 2 is 1.71 bits per heavy atom. The number of nitrogens with zero attached hydrogens (tertiary/aromatic N) is 1. The number of halogens is 1. The van der Waals surface area contributed by atoms with Crippen LogP contribution in [-0.2, 0) is 21.4 Å². The zero-order valence-electron chi connectivity index (χ0n) is 15.5. The molecule has 0 unspecified atom stereocenters. The van der Waals surface area contributed by atoms with Crippen molar-refractivity contribution in [2.45, 2.75) is 30.7 Å². The van der Waals surface area contributed by atoms with Crippen LogP contribution in [0.2, 0.25) is 0 Å². The van der Waals surface area contributed by atoms with Crippen molar-refractivity contribution in [3.8, 4) is 0 Å². The van der Waals surface area contributed by atoms with E-state index in [-0.39, 0.29) is 5.91 Å². The minimum absolute atomic E-state index is 0.208. The van der Waals surface area contributed by atoms with E-state index in [9.17, 15) is 13.2 Å². The number of hydrogen-bond acceptors (Lipinski definition) is 3. The van der Waals surface area contributed by atoms with Gasteiger partial charge in [-0.3, -0.25) is 4.79 Å². The van der Waals surface area contributed by atoms with Crippen LogP contribution in [0, 0.1) is 0 Å². The Balaban J connectivity index is 1.57. The van der Waals surface area contributed by atoms with Crippen LogP contribution in [0.25, 0.3) is 6.08 Å². The van der Waals surface area contributed by atoms with E-state index in [0.717, 1.165) is 34.9 Å². The molecule has 0 bridgehead atoms. The van der Waals surface area contributed by atoms with Crippen molar-refractivity contribution in [1.82, 2.24) is 9.62 Å². The SMILES string of the molecule is O=C(/C=C/c1ccccc1Br)NCc1ccc(S(=O)(=O)N2CCCCC2)cc1. The van der Waals surface area contributed by atoms with Crippen LogP contribution in [0.5, 0.6) is 0 Å². The molecule has 3 rings (SSSR count). The first-order valence-electron chi connectivity index (χ1n) is 9.26. The van der Waals surface area contributed by atoms with Gasteiger partial charge in [0.2, 0.25) is 15.9 Å². The largest absolute Gasteiger partial charge is 0.348 e. The van der Waals surface area contributed by atoms with Crippen molar-refractivity contribution < 1.29 is 13.2 Å². The van der Waals surface area contributed by atoms with Gasteiger partial charge in [0.1, 0.15) is 0 Å². The predicted octanol–water partition coefficient (Wildman–Crippen LogP) is 3.95. The number of piperidine rings is 1. The van der Waals surface area contributed by atoms with Crippen molar-refractivity contribution in [1.29, 1.82) is 0 Å². The van der Waals surface area contributed by atoms with Gasteiger partial charge in [0.25, 0.3) is 0 Å². The Hall–Kier alpha value is -1.96. The lowest BCUT2D eigenvalue weighted by Gasteiger charge is -2.25. The van der Waals surface area contributed by atoms with Gasteiger partial charge in [-0.25, -0.2) is 8.42 Å². The summed E-state index contributed by atoms with van der Waals surface area (Å²) in [5.74, 6) is -0.208. The molecule has 28 heavy (non-hydrogen) atoms. The molecule has 1 saturated heterocycles. The molecule has 1 heterocycles. The highest BCUT2D eigenvalue weighted by molar-refractivity contribution is 9.10. The van der Waals surface area contributed by atoms with E-state index in [4.69, 9.17) is 0 Å². The third-order valence-electron chi connectivity index (χ3n) is 4.66. The van der Waals surface area contributed by atoms with E-state index in [1.807, 2.05) is 24.3 Å². The number of benzene rings is 2. The Labute approximate surface area is 174 Å².